The Morgan fingerprint density at radius 1 is 1.29 bits per heavy atom. The Morgan fingerprint density at radius 2 is 2.05 bits per heavy atom. The van der Waals surface area contributed by atoms with Crippen LogP contribution in [0.25, 0.3) is 5.57 Å². The van der Waals surface area contributed by atoms with E-state index in [2.05, 4.69) is 19.1 Å². The molecule has 3 heteroatoms. The molecule has 0 aromatic heterocycles. The number of carbonyl (C=O) groups excluding carboxylic acids is 2. The monoisotopic (exact) mass is 283 g/mol. The van der Waals surface area contributed by atoms with Crippen LogP contribution in [0.1, 0.15) is 45.1 Å². The molecule has 1 aliphatic heterocycles. The zero-order chi connectivity index (χ0) is 15.0. The number of benzene rings is 1. The molecule has 3 nitrogen and oxygen atoms in total. The summed E-state index contributed by atoms with van der Waals surface area (Å²) < 4.78 is 0. The first-order chi connectivity index (χ1) is 10.1. The first kappa shape index (κ1) is 14.1. The second kappa shape index (κ2) is 5.47. The molecular formula is C18H21NO2. The van der Waals surface area contributed by atoms with Crippen LogP contribution in [0.15, 0.2) is 30.3 Å². The summed E-state index contributed by atoms with van der Waals surface area (Å²) in [6, 6.07) is 8.04. The smallest absolute Gasteiger partial charge is 0.224 e. The van der Waals surface area contributed by atoms with Crippen molar-refractivity contribution in [1.82, 2.24) is 0 Å². The van der Waals surface area contributed by atoms with Crippen molar-refractivity contribution in [3.05, 3.63) is 35.9 Å². The third kappa shape index (κ3) is 2.53. The average molecular weight is 283 g/mol. The van der Waals surface area contributed by atoms with Crippen LogP contribution in [-0.4, -0.2) is 17.7 Å². The van der Waals surface area contributed by atoms with E-state index in [1.807, 2.05) is 23.1 Å². The van der Waals surface area contributed by atoms with Crippen molar-refractivity contribution in [1.29, 1.82) is 0 Å². The van der Waals surface area contributed by atoms with E-state index in [1.165, 1.54) is 5.57 Å². The number of carbonyl (C=O) groups is 2. The molecule has 0 bridgehead atoms. The number of anilines is 1. The van der Waals surface area contributed by atoms with Gasteiger partial charge in [-0.05, 0) is 37.3 Å². The molecule has 1 aliphatic carbocycles. The largest absolute Gasteiger partial charge is 0.305 e. The van der Waals surface area contributed by atoms with Crippen molar-refractivity contribution in [3.63, 3.8) is 0 Å². The Balaban J connectivity index is 2.02. The van der Waals surface area contributed by atoms with Gasteiger partial charge >= 0.3 is 0 Å². The van der Waals surface area contributed by atoms with E-state index in [4.69, 9.17) is 0 Å². The number of fused-ring (bicyclic) bond motifs is 1. The molecule has 110 valence electrons. The average Bonchev–Trinajstić information content (AvgIpc) is 2.46. The first-order valence-corrected chi connectivity index (χ1v) is 7.67. The Bertz CT molecular complexity index is 617. The number of Topliss-reactive ketones (excluding diaryl/α,β-unsaturated/α-hetero) is 1. The molecule has 21 heavy (non-hydrogen) atoms. The molecule has 1 amide bonds. The fourth-order valence-corrected chi connectivity index (χ4v) is 3.67. The maximum absolute atomic E-state index is 12.2. The Labute approximate surface area is 125 Å². The molecule has 3 rings (SSSR count). The summed E-state index contributed by atoms with van der Waals surface area (Å²) in [4.78, 5) is 25.9. The fraction of sp³-hybridized carbons (Fsp3) is 0.444. The number of hydrogen-bond donors (Lipinski definition) is 0. The molecule has 2 aliphatic rings. The van der Waals surface area contributed by atoms with Gasteiger partial charge in [0.05, 0.1) is 11.7 Å². The highest BCUT2D eigenvalue weighted by Gasteiger charge is 2.35. The molecule has 0 N–H and O–H groups in total. The van der Waals surface area contributed by atoms with Gasteiger partial charge in [0.2, 0.25) is 5.91 Å². The molecule has 1 saturated carbocycles. The molecule has 0 unspecified atom stereocenters. The number of amides is 1. The lowest BCUT2D eigenvalue weighted by Gasteiger charge is -2.40. The zero-order valence-electron chi connectivity index (χ0n) is 12.6. The molecule has 1 heterocycles. The fourth-order valence-electron chi connectivity index (χ4n) is 3.67. The zero-order valence-corrected chi connectivity index (χ0v) is 12.6. The minimum absolute atomic E-state index is 0.0154. The molecular weight excluding hydrogens is 262 g/mol. The van der Waals surface area contributed by atoms with Crippen molar-refractivity contribution in [2.24, 2.45) is 5.92 Å². The summed E-state index contributed by atoms with van der Waals surface area (Å²) in [6.07, 6.45) is 5.43. The highest BCUT2D eigenvalue weighted by molar-refractivity contribution is 5.98. The van der Waals surface area contributed by atoms with E-state index in [0.29, 0.717) is 18.6 Å². The number of allylic oxidation sites excluding steroid dienone is 1. The SMILES string of the molecule is CC(=O)N1c2ccccc2C(C)=C[C@@H]1[C@@H]1CCCC(=O)C1. The molecule has 0 spiro atoms. The van der Waals surface area contributed by atoms with Crippen molar-refractivity contribution in [2.45, 2.75) is 45.6 Å². The Kier molecular flexibility index (Phi) is 3.66. The van der Waals surface area contributed by atoms with Crippen LogP contribution in [0.5, 0.6) is 0 Å². The quantitative estimate of drug-likeness (QED) is 0.790. The van der Waals surface area contributed by atoms with Gasteiger partial charge in [0.15, 0.2) is 0 Å². The van der Waals surface area contributed by atoms with Crippen molar-refractivity contribution in [2.75, 3.05) is 4.90 Å². The number of nitrogens with zero attached hydrogens (tertiary/aromatic N) is 1. The normalized spacial score (nSPS) is 25.3. The van der Waals surface area contributed by atoms with Gasteiger partial charge in [-0.2, -0.15) is 0 Å². The molecule has 1 aromatic carbocycles. The summed E-state index contributed by atoms with van der Waals surface area (Å²) in [5.41, 5.74) is 3.30. The number of para-hydroxylation sites is 1. The molecule has 1 fully saturated rings. The maximum Gasteiger partial charge on any atom is 0.224 e. The number of rotatable bonds is 1. The lowest BCUT2D eigenvalue weighted by atomic mass is 9.79. The minimum Gasteiger partial charge on any atom is -0.305 e. The van der Waals surface area contributed by atoms with E-state index in [9.17, 15) is 9.59 Å². The maximum atomic E-state index is 12.2. The molecule has 2 atom stereocenters. The van der Waals surface area contributed by atoms with Crippen LogP contribution < -0.4 is 4.90 Å². The third-order valence-corrected chi connectivity index (χ3v) is 4.65. The highest BCUT2D eigenvalue weighted by atomic mass is 16.2. The molecule has 0 saturated heterocycles. The van der Waals surface area contributed by atoms with Crippen LogP contribution in [0.3, 0.4) is 0 Å². The standard InChI is InChI=1S/C18H21NO2/c1-12-10-18(14-6-5-7-15(21)11-14)19(13(2)20)17-9-4-3-8-16(12)17/h3-4,8-10,14,18H,5-7,11H2,1-2H3/t14-,18-/m1/s1. The van der Waals surface area contributed by atoms with Gasteiger partial charge in [0.1, 0.15) is 5.78 Å². The van der Waals surface area contributed by atoms with Crippen molar-refractivity contribution in [3.8, 4) is 0 Å². The predicted molar refractivity (Wildman–Crippen MR) is 84.0 cm³/mol. The second-order valence-corrected chi connectivity index (χ2v) is 6.14. The first-order valence-electron chi connectivity index (χ1n) is 7.67. The summed E-state index contributed by atoms with van der Waals surface area (Å²) in [5, 5.41) is 0. The number of ketones is 1. The van der Waals surface area contributed by atoms with E-state index < -0.39 is 0 Å². The van der Waals surface area contributed by atoms with Crippen LogP contribution in [0.2, 0.25) is 0 Å². The van der Waals surface area contributed by atoms with Crippen LogP contribution in [-0.2, 0) is 9.59 Å². The summed E-state index contributed by atoms with van der Waals surface area (Å²) in [5.74, 6) is 0.632. The topological polar surface area (TPSA) is 37.4 Å². The lowest BCUT2D eigenvalue weighted by molar-refractivity contribution is -0.122. The molecule has 1 aromatic rings. The van der Waals surface area contributed by atoms with Crippen LogP contribution >= 0.6 is 0 Å². The lowest BCUT2D eigenvalue weighted by Crippen LogP contribution is -2.46. The van der Waals surface area contributed by atoms with Crippen LogP contribution in [0.4, 0.5) is 5.69 Å². The van der Waals surface area contributed by atoms with Gasteiger partial charge in [0, 0.05) is 25.3 Å². The number of hydrogen-bond acceptors (Lipinski definition) is 2. The third-order valence-electron chi connectivity index (χ3n) is 4.65. The minimum atomic E-state index is 0.0154. The van der Waals surface area contributed by atoms with Crippen molar-refractivity contribution >= 4 is 23.0 Å². The van der Waals surface area contributed by atoms with E-state index >= 15 is 0 Å². The van der Waals surface area contributed by atoms with E-state index in [0.717, 1.165) is 24.1 Å². The second-order valence-electron chi connectivity index (χ2n) is 6.14. The van der Waals surface area contributed by atoms with Gasteiger partial charge in [-0.1, -0.05) is 24.3 Å². The summed E-state index contributed by atoms with van der Waals surface area (Å²) in [7, 11) is 0. The van der Waals surface area contributed by atoms with Gasteiger partial charge in [-0.3, -0.25) is 9.59 Å². The van der Waals surface area contributed by atoms with E-state index in [1.54, 1.807) is 6.92 Å². The summed E-state index contributed by atoms with van der Waals surface area (Å²) >= 11 is 0. The van der Waals surface area contributed by atoms with Crippen molar-refractivity contribution < 1.29 is 9.59 Å². The van der Waals surface area contributed by atoms with Gasteiger partial charge in [0.25, 0.3) is 0 Å². The summed E-state index contributed by atoms with van der Waals surface area (Å²) in [6.45, 7) is 3.71. The van der Waals surface area contributed by atoms with Gasteiger partial charge in [-0.25, -0.2) is 0 Å². The van der Waals surface area contributed by atoms with E-state index in [-0.39, 0.29) is 17.9 Å². The Morgan fingerprint density at radius 3 is 2.76 bits per heavy atom. The van der Waals surface area contributed by atoms with Gasteiger partial charge < -0.3 is 4.90 Å². The van der Waals surface area contributed by atoms with Crippen LogP contribution in [0, 0.1) is 5.92 Å². The molecule has 0 radical (unpaired) electrons. The highest BCUT2D eigenvalue weighted by Crippen LogP contribution is 2.39. The predicted octanol–water partition coefficient (Wildman–Crippen LogP) is 3.58. The van der Waals surface area contributed by atoms with Gasteiger partial charge in [-0.15, -0.1) is 0 Å². The Hall–Kier alpha value is -1.90.